The summed E-state index contributed by atoms with van der Waals surface area (Å²) < 4.78 is 63.2. The molecular formula is C44H51N11O8S2. The number of carbonyl (C=O) groups excluding carboxylic acids is 2. The van der Waals surface area contributed by atoms with Crippen molar-refractivity contribution in [2.24, 2.45) is 0 Å². The van der Waals surface area contributed by atoms with Crippen LogP contribution in [0.5, 0.6) is 11.5 Å². The molecule has 1 saturated carbocycles. The molecule has 1 fully saturated rings. The predicted molar refractivity (Wildman–Crippen MR) is 248 cm³/mol. The van der Waals surface area contributed by atoms with Crippen LogP contribution >= 0.6 is 0 Å². The third-order valence-corrected chi connectivity index (χ3v) is 12.1. The molecule has 1 aliphatic rings. The standard InChI is InChI=1S/C23H29N5O4S.C21H22N6O4S/c1-23(2,3)28-22(29)27-21-25-19-13-10-17(14-20(19)26-21)32-33(30,31)18-11-8-16(9-12-18)24-15-6-4-5-7-15;1-21(2,3)26-20(28)25-19-23-17-9-6-15(12-18(17)24-19)31-32(29,30)16-7-4-14(5-8-16)27-11-10-22-13-27/h8-15,24H,4-7H2,1-3H3,(H3,25,26,27,28,29);4-13H,1-3H3,(H3,23,24,25,26,28). The number of carbonyl (C=O) groups is 2. The highest BCUT2D eigenvalue weighted by Crippen LogP contribution is 2.28. The summed E-state index contributed by atoms with van der Waals surface area (Å²) in [6, 6.07) is 21.8. The van der Waals surface area contributed by atoms with E-state index in [-0.39, 0.29) is 33.2 Å². The fourth-order valence-electron chi connectivity index (χ4n) is 6.72. The van der Waals surface area contributed by atoms with E-state index in [0.29, 0.717) is 28.1 Å². The van der Waals surface area contributed by atoms with Crippen LogP contribution in [0.2, 0.25) is 0 Å². The fourth-order valence-corrected chi connectivity index (χ4v) is 8.57. The number of aromatic amines is 2. The van der Waals surface area contributed by atoms with E-state index in [4.69, 9.17) is 8.37 Å². The van der Waals surface area contributed by atoms with Gasteiger partial charge < -0.3 is 38.9 Å². The van der Waals surface area contributed by atoms with E-state index in [0.717, 1.165) is 24.2 Å². The van der Waals surface area contributed by atoms with Gasteiger partial charge >= 0.3 is 32.3 Å². The number of H-pyrrole nitrogens is 2. The Balaban J connectivity index is 0.000000194. The number of imidazole rings is 3. The zero-order chi connectivity index (χ0) is 46.6. The van der Waals surface area contributed by atoms with Crippen LogP contribution in [0.3, 0.4) is 0 Å². The van der Waals surface area contributed by atoms with Crippen LogP contribution in [-0.2, 0) is 20.2 Å². The molecule has 4 aromatic carbocycles. The number of nitrogens with one attached hydrogen (secondary N) is 7. The van der Waals surface area contributed by atoms with Gasteiger partial charge in [0.1, 0.15) is 21.3 Å². The second-order valence-corrected chi connectivity index (χ2v) is 20.5. The number of rotatable bonds is 11. The molecule has 3 heterocycles. The van der Waals surface area contributed by atoms with Gasteiger partial charge in [-0.2, -0.15) is 16.8 Å². The Hall–Kier alpha value is -7.13. The first-order chi connectivity index (χ1) is 30.7. The summed E-state index contributed by atoms with van der Waals surface area (Å²) in [6.45, 7) is 11.2. The average Bonchev–Trinajstić information content (AvgIpc) is 4.05. The molecule has 3 aromatic heterocycles. The Morgan fingerprint density at radius 3 is 1.55 bits per heavy atom. The number of hydrogen-bond donors (Lipinski definition) is 7. The molecule has 0 unspecified atom stereocenters. The molecule has 8 rings (SSSR count). The first-order valence-corrected chi connectivity index (χ1v) is 23.5. The maximum absolute atomic E-state index is 12.7. The molecule has 4 amide bonds. The minimum absolute atomic E-state index is 0.0182. The molecule has 65 heavy (non-hydrogen) atoms. The van der Waals surface area contributed by atoms with Gasteiger partial charge in [0.15, 0.2) is 0 Å². The predicted octanol–water partition coefficient (Wildman–Crippen LogP) is 8.04. The first-order valence-electron chi connectivity index (χ1n) is 20.7. The van der Waals surface area contributed by atoms with E-state index in [9.17, 15) is 26.4 Å². The molecule has 0 radical (unpaired) electrons. The number of anilines is 3. The van der Waals surface area contributed by atoms with E-state index >= 15 is 0 Å². The topological polar surface area (TPSA) is 256 Å². The van der Waals surface area contributed by atoms with E-state index in [2.05, 4.69) is 51.5 Å². The van der Waals surface area contributed by atoms with Gasteiger partial charge in [-0.1, -0.05) is 12.8 Å². The maximum Gasteiger partial charge on any atom is 0.339 e. The number of benzene rings is 4. The van der Waals surface area contributed by atoms with Crippen LogP contribution in [-0.4, -0.2) is 75.5 Å². The molecular weight excluding hydrogens is 875 g/mol. The molecule has 7 aromatic rings. The number of urea groups is 2. The maximum atomic E-state index is 12.7. The van der Waals surface area contributed by atoms with Crippen molar-refractivity contribution in [2.75, 3.05) is 16.0 Å². The lowest BCUT2D eigenvalue weighted by atomic mass is 10.1. The molecule has 0 saturated heterocycles. The minimum Gasteiger partial charge on any atom is -0.382 e. The summed E-state index contributed by atoms with van der Waals surface area (Å²) in [5.74, 6) is 0.718. The molecule has 1 aliphatic carbocycles. The molecule has 7 N–H and O–H groups in total. The summed E-state index contributed by atoms with van der Waals surface area (Å²) in [7, 11) is -8.05. The Morgan fingerprint density at radius 2 is 1.12 bits per heavy atom. The third kappa shape index (κ3) is 12.5. The summed E-state index contributed by atoms with van der Waals surface area (Å²) in [4.78, 5) is 42.6. The number of aromatic nitrogens is 6. The highest BCUT2D eigenvalue weighted by Gasteiger charge is 2.21. The largest absolute Gasteiger partial charge is 0.382 e. The summed E-state index contributed by atoms with van der Waals surface area (Å²) in [5.41, 5.74) is 3.03. The number of hydrogen-bond acceptors (Lipinski definition) is 12. The number of fused-ring (bicyclic) bond motifs is 2. The van der Waals surface area contributed by atoms with E-state index in [1.54, 1.807) is 59.7 Å². The van der Waals surface area contributed by atoms with E-state index in [1.165, 1.54) is 61.4 Å². The zero-order valence-corrected chi connectivity index (χ0v) is 38.2. The second-order valence-electron chi connectivity index (χ2n) is 17.4. The Labute approximate surface area is 376 Å². The SMILES string of the molecule is CC(C)(C)NC(=O)Nc1nc2cc(OS(=O)(=O)c3ccc(-n4ccnc4)cc3)ccc2[nH]1.CC(C)(C)NC(=O)Nc1nc2cc(OS(=O)(=O)c3ccc(NC4CCCC4)cc3)ccc2[nH]1. The van der Waals surface area contributed by atoms with Crippen LogP contribution in [0, 0.1) is 0 Å². The van der Waals surface area contributed by atoms with Gasteiger partial charge in [0.05, 0.1) is 28.4 Å². The molecule has 0 aliphatic heterocycles. The summed E-state index contributed by atoms with van der Waals surface area (Å²) in [5, 5.41) is 14.2. The van der Waals surface area contributed by atoms with Crippen LogP contribution in [0.4, 0.5) is 27.2 Å². The van der Waals surface area contributed by atoms with Crippen molar-refractivity contribution >= 4 is 71.9 Å². The number of nitrogens with zero attached hydrogens (tertiary/aromatic N) is 4. The zero-order valence-electron chi connectivity index (χ0n) is 36.6. The highest BCUT2D eigenvalue weighted by atomic mass is 32.2. The van der Waals surface area contributed by atoms with Gasteiger partial charge in [-0.15, -0.1) is 0 Å². The van der Waals surface area contributed by atoms with Crippen LogP contribution in [0.15, 0.2) is 113 Å². The van der Waals surface area contributed by atoms with Crippen molar-refractivity contribution in [3.63, 3.8) is 0 Å². The minimum atomic E-state index is -4.04. The van der Waals surface area contributed by atoms with Crippen LogP contribution in [0.25, 0.3) is 27.8 Å². The quantitative estimate of drug-likeness (QED) is 0.0609. The lowest BCUT2D eigenvalue weighted by Gasteiger charge is -2.20. The van der Waals surface area contributed by atoms with E-state index < -0.39 is 43.4 Å². The third-order valence-electron chi connectivity index (χ3n) is 9.56. The first kappa shape index (κ1) is 45.9. The lowest BCUT2D eigenvalue weighted by Crippen LogP contribution is -2.43. The van der Waals surface area contributed by atoms with Gasteiger partial charge in [-0.3, -0.25) is 10.6 Å². The Bertz CT molecular complexity index is 3000. The summed E-state index contributed by atoms with van der Waals surface area (Å²) >= 11 is 0. The fraction of sp³-hybridized carbons (Fsp3) is 0.295. The van der Waals surface area contributed by atoms with Crippen molar-refractivity contribution in [1.29, 1.82) is 0 Å². The van der Waals surface area contributed by atoms with Gasteiger partial charge in [-0.05, 0) is 127 Å². The van der Waals surface area contributed by atoms with Crippen molar-refractivity contribution in [1.82, 2.24) is 40.1 Å². The van der Waals surface area contributed by atoms with E-state index in [1.807, 2.05) is 41.5 Å². The van der Waals surface area contributed by atoms with Crippen molar-refractivity contribution in [3.8, 4) is 17.2 Å². The average molecular weight is 926 g/mol. The van der Waals surface area contributed by atoms with Crippen molar-refractivity contribution < 1.29 is 34.8 Å². The van der Waals surface area contributed by atoms with Crippen molar-refractivity contribution in [3.05, 3.63) is 104 Å². The van der Waals surface area contributed by atoms with Gasteiger partial charge in [0.25, 0.3) is 0 Å². The number of amides is 4. The van der Waals surface area contributed by atoms with Crippen LogP contribution in [0.1, 0.15) is 67.2 Å². The molecule has 21 heteroatoms. The molecule has 0 spiro atoms. The molecule has 0 atom stereocenters. The molecule has 0 bridgehead atoms. The Morgan fingerprint density at radius 1 is 0.662 bits per heavy atom. The Kier molecular flexibility index (Phi) is 13.1. The normalized spacial score (nSPS) is 13.4. The van der Waals surface area contributed by atoms with Gasteiger partial charge in [0.2, 0.25) is 11.9 Å². The van der Waals surface area contributed by atoms with Gasteiger partial charge in [0, 0.05) is 53.0 Å². The highest BCUT2D eigenvalue weighted by molar-refractivity contribution is 7.87. The lowest BCUT2D eigenvalue weighted by molar-refractivity contribution is 0.242. The second kappa shape index (κ2) is 18.5. The van der Waals surface area contributed by atoms with Gasteiger partial charge in [-0.25, -0.2) is 24.5 Å². The molecule has 19 nitrogen and oxygen atoms in total. The monoisotopic (exact) mass is 925 g/mol. The van der Waals surface area contributed by atoms with Crippen molar-refractivity contribution in [2.45, 2.75) is 94.1 Å². The molecule has 342 valence electrons. The summed E-state index contributed by atoms with van der Waals surface area (Å²) in [6.07, 6.45) is 9.73. The van der Waals surface area contributed by atoms with Crippen LogP contribution < -0.4 is 35.0 Å². The smallest absolute Gasteiger partial charge is 0.339 e.